The Kier molecular flexibility index (Phi) is 18.6. The maximum absolute atomic E-state index is 2.45. The monoisotopic (exact) mass is 825 g/mol. The predicted octanol–water partition coefficient (Wildman–Crippen LogP) is 17.6. The van der Waals surface area contributed by atoms with Gasteiger partial charge in [-0.05, 0) is 191 Å². The van der Waals surface area contributed by atoms with Gasteiger partial charge in [0.05, 0.1) is 0 Å². The molecule has 0 N–H and O–H groups in total. The van der Waals surface area contributed by atoms with Gasteiger partial charge in [0.2, 0.25) is 0 Å². The molecule has 0 aromatic heterocycles. The first-order valence-corrected chi connectivity index (χ1v) is 24.8. The minimum Gasteiger partial charge on any atom is -0.0776 e. The van der Waals surface area contributed by atoms with Crippen LogP contribution in [0.2, 0.25) is 0 Å². The van der Waals surface area contributed by atoms with Gasteiger partial charge in [-0.1, -0.05) is 189 Å². The largest absolute Gasteiger partial charge is 0.0776 e. The van der Waals surface area contributed by atoms with Gasteiger partial charge in [-0.3, -0.25) is 0 Å². The number of fused-ring (bicyclic) bond motifs is 4. The number of benzene rings is 4. The Morgan fingerprint density at radius 2 is 0.574 bits per heavy atom. The third kappa shape index (κ3) is 15.0. The molecular formula is C61H92. The lowest BCUT2D eigenvalue weighted by molar-refractivity contribution is 0.579. The van der Waals surface area contributed by atoms with Crippen molar-refractivity contribution in [2.75, 3.05) is 0 Å². The van der Waals surface area contributed by atoms with Crippen molar-refractivity contribution in [1.82, 2.24) is 0 Å². The molecular weight excluding hydrogens is 733 g/mol. The second-order valence-corrected chi connectivity index (χ2v) is 23.1. The summed E-state index contributed by atoms with van der Waals surface area (Å²) in [5.74, 6) is 0. The molecule has 0 atom stereocenters. The second kappa shape index (κ2) is 22.5. The van der Waals surface area contributed by atoms with E-state index in [0.717, 1.165) is 0 Å². The molecule has 336 valence electrons. The summed E-state index contributed by atoms with van der Waals surface area (Å²) in [5, 5.41) is 0. The van der Waals surface area contributed by atoms with Crippen LogP contribution < -0.4 is 0 Å². The Bertz CT molecular complexity index is 1790. The smallest absolute Gasteiger partial charge is 0.0129 e. The molecule has 0 saturated heterocycles. The molecule has 4 aromatic rings. The normalized spacial score (nSPS) is 16.7. The molecule has 61 heavy (non-hydrogen) atoms. The van der Waals surface area contributed by atoms with Crippen LogP contribution in [-0.4, -0.2) is 0 Å². The van der Waals surface area contributed by atoms with Crippen LogP contribution in [0.15, 0.2) is 72.8 Å². The summed E-state index contributed by atoms with van der Waals surface area (Å²) in [6, 6.07) is 28.0. The highest BCUT2D eigenvalue weighted by atomic mass is 14.3. The standard InChI is InChI=1S/4C15H22.CH4/c2*1-15(2,3)14-11-7-9-12-8-5-4-6-10-13(12)14;2*1-15(2,3)14-10-9-12-7-5-4-6-8-13(12)11-14;/h2*7,9,11H,4-6,8,10H2,1-3H3;2*9-11H,4-8H2,1-3H3;1H4. The van der Waals surface area contributed by atoms with Crippen molar-refractivity contribution in [3.63, 3.8) is 0 Å². The average molecular weight is 825 g/mol. The van der Waals surface area contributed by atoms with E-state index in [1.165, 1.54) is 140 Å². The molecule has 0 heteroatoms. The van der Waals surface area contributed by atoms with Crippen LogP contribution in [0.5, 0.6) is 0 Å². The molecule has 0 heterocycles. The number of aryl methyl sites for hydroxylation is 6. The van der Waals surface area contributed by atoms with Crippen LogP contribution in [0, 0.1) is 0 Å². The van der Waals surface area contributed by atoms with E-state index in [1.54, 1.807) is 55.6 Å². The Morgan fingerprint density at radius 3 is 0.885 bits per heavy atom. The molecule has 0 radical (unpaired) electrons. The molecule has 4 aliphatic rings. The first-order chi connectivity index (χ1) is 28.3. The Morgan fingerprint density at radius 1 is 0.279 bits per heavy atom. The van der Waals surface area contributed by atoms with Gasteiger partial charge in [0.15, 0.2) is 0 Å². The van der Waals surface area contributed by atoms with Crippen LogP contribution in [0.25, 0.3) is 0 Å². The van der Waals surface area contributed by atoms with E-state index >= 15 is 0 Å². The summed E-state index contributed by atoms with van der Waals surface area (Å²) >= 11 is 0. The summed E-state index contributed by atoms with van der Waals surface area (Å²) in [7, 11) is 0. The SMILES string of the molecule is C.CC(C)(C)c1ccc2c(c1)CCCCC2.CC(C)(C)c1ccc2c(c1)CCCCC2.CC(C)(C)c1cccc2c1CCCCC2.CC(C)(C)c1cccc2c1CCCCC2. The lowest BCUT2D eigenvalue weighted by atomic mass is 9.81. The van der Waals surface area contributed by atoms with Crippen molar-refractivity contribution in [3.05, 3.63) is 140 Å². The third-order valence-electron chi connectivity index (χ3n) is 13.8. The first kappa shape index (κ1) is 50.5. The van der Waals surface area contributed by atoms with Crippen LogP contribution >= 0.6 is 0 Å². The fraction of sp³-hybridized carbons (Fsp3) is 0.607. The molecule has 4 aromatic carbocycles. The van der Waals surface area contributed by atoms with E-state index in [4.69, 9.17) is 0 Å². The van der Waals surface area contributed by atoms with Crippen molar-refractivity contribution in [1.29, 1.82) is 0 Å². The third-order valence-corrected chi connectivity index (χ3v) is 13.8. The molecule has 0 fully saturated rings. The molecule has 0 amide bonds. The highest BCUT2D eigenvalue weighted by Crippen LogP contribution is 2.34. The van der Waals surface area contributed by atoms with E-state index in [1.807, 2.05) is 0 Å². The van der Waals surface area contributed by atoms with Gasteiger partial charge >= 0.3 is 0 Å². The minimum atomic E-state index is 0. The first-order valence-electron chi connectivity index (χ1n) is 24.8. The molecule has 0 saturated carbocycles. The van der Waals surface area contributed by atoms with Crippen molar-refractivity contribution >= 4 is 0 Å². The van der Waals surface area contributed by atoms with Gasteiger partial charge in [0.25, 0.3) is 0 Å². The van der Waals surface area contributed by atoms with E-state index in [0.29, 0.717) is 21.7 Å². The van der Waals surface area contributed by atoms with Crippen molar-refractivity contribution in [2.24, 2.45) is 0 Å². The molecule has 0 unspecified atom stereocenters. The van der Waals surface area contributed by atoms with Crippen LogP contribution in [0.4, 0.5) is 0 Å². The second-order valence-electron chi connectivity index (χ2n) is 23.1. The van der Waals surface area contributed by atoms with Crippen molar-refractivity contribution in [3.8, 4) is 0 Å². The molecule has 0 nitrogen and oxygen atoms in total. The maximum Gasteiger partial charge on any atom is -0.0129 e. The zero-order valence-electron chi connectivity index (χ0n) is 41.1. The lowest BCUT2D eigenvalue weighted by Gasteiger charge is -2.24. The molecule has 4 aliphatic carbocycles. The molecule has 0 aliphatic heterocycles. The lowest BCUT2D eigenvalue weighted by Crippen LogP contribution is -2.15. The summed E-state index contributed by atoms with van der Waals surface area (Å²) in [5.41, 5.74) is 20.3. The maximum atomic E-state index is 2.45. The van der Waals surface area contributed by atoms with Gasteiger partial charge in [0.1, 0.15) is 0 Å². The van der Waals surface area contributed by atoms with E-state index < -0.39 is 0 Å². The minimum absolute atomic E-state index is 0. The average Bonchev–Trinajstić information content (AvgIpc) is 3.76. The summed E-state index contributed by atoms with van der Waals surface area (Å²) in [4.78, 5) is 0. The Balaban J connectivity index is 0.000000178. The van der Waals surface area contributed by atoms with E-state index in [9.17, 15) is 0 Å². The van der Waals surface area contributed by atoms with Crippen LogP contribution in [0.3, 0.4) is 0 Å². The number of hydrogen-bond acceptors (Lipinski definition) is 0. The quantitative estimate of drug-likeness (QED) is 0.155. The highest BCUT2D eigenvalue weighted by Gasteiger charge is 2.22. The number of rotatable bonds is 0. The Hall–Kier alpha value is -3.12. The number of hydrogen-bond donors (Lipinski definition) is 0. The molecule has 0 bridgehead atoms. The van der Waals surface area contributed by atoms with Crippen LogP contribution in [0.1, 0.15) is 234 Å². The van der Waals surface area contributed by atoms with Gasteiger partial charge < -0.3 is 0 Å². The van der Waals surface area contributed by atoms with Crippen molar-refractivity contribution < 1.29 is 0 Å². The van der Waals surface area contributed by atoms with Gasteiger partial charge in [0, 0.05) is 0 Å². The zero-order valence-corrected chi connectivity index (χ0v) is 41.1. The summed E-state index contributed by atoms with van der Waals surface area (Å²) in [6.07, 6.45) is 26.9. The fourth-order valence-corrected chi connectivity index (χ4v) is 10.1. The zero-order chi connectivity index (χ0) is 43.6. The predicted molar refractivity (Wildman–Crippen MR) is 272 cm³/mol. The van der Waals surface area contributed by atoms with Crippen LogP contribution in [-0.2, 0) is 73.0 Å². The fourth-order valence-electron chi connectivity index (χ4n) is 10.1. The van der Waals surface area contributed by atoms with E-state index in [-0.39, 0.29) is 7.43 Å². The topological polar surface area (TPSA) is 0 Å². The molecule has 0 spiro atoms. The Labute approximate surface area is 378 Å². The summed E-state index contributed by atoms with van der Waals surface area (Å²) < 4.78 is 0. The van der Waals surface area contributed by atoms with Gasteiger partial charge in [-0.2, -0.15) is 0 Å². The molecule has 8 rings (SSSR count). The van der Waals surface area contributed by atoms with E-state index in [2.05, 4.69) is 156 Å². The van der Waals surface area contributed by atoms with Gasteiger partial charge in [-0.15, -0.1) is 0 Å². The van der Waals surface area contributed by atoms with Gasteiger partial charge in [-0.25, -0.2) is 0 Å². The highest BCUT2D eigenvalue weighted by molar-refractivity contribution is 5.42. The van der Waals surface area contributed by atoms with Crippen molar-refractivity contribution in [2.45, 2.75) is 241 Å². The summed E-state index contributed by atoms with van der Waals surface area (Å²) in [6.45, 7) is 27.7.